The van der Waals surface area contributed by atoms with Crippen LogP contribution in [0.1, 0.15) is 18.5 Å². The minimum absolute atomic E-state index is 0.0531. The Hall–Kier alpha value is -0.740. The molecule has 4 heteroatoms. The van der Waals surface area contributed by atoms with Crippen LogP contribution in [0.3, 0.4) is 0 Å². The largest absolute Gasteiger partial charge is 0.496 e. The number of rotatable bonds is 2. The third-order valence-electron chi connectivity index (χ3n) is 2.78. The fourth-order valence-electron chi connectivity index (χ4n) is 1.91. The molecule has 2 nitrogen and oxygen atoms in total. The zero-order valence-corrected chi connectivity index (χ0v) is 10.3. The van der Waals surface area contributed by atoms with Crippen molar-refractivity contribution in [3.8, 4) is 5.75 Å². The molecule has 88 valence electrons. The van der Waals surface area contributed by atoms with Crippen LogP contribution in [-0.2, 0) is 0 Å². The van der Waals surface area contributed by atoms with Crippen LogP contribution in [0.25, 0.3) is 0 Å². The molecule has 1 aliphatic heterocycles. The molecule has 1 N–H and O–H groups in total. The van der Waals surface area contributed by atoms with Gasteiger partial charge in [-0.3, -0.25) is 0 Å². The molecule has 0 radical (unpaired) electrons. The summed E-state index contributed by atoms with van der Waals surface area (Å²) in [5.41, 5.74) is 0.657. The topological polar surface area (TPSA) is 21.3 Å². The van der Waals surface area contributed by atoms with Gasteiger partial charge in [-0.2, -0.15) is 11.8 Å². The number of ether oxygens (including phenoxy) is 1. The number of hydrogen-bond donors (Lipinski definition) is 1. The SMILES string of the molecule is COc1cccc(F)c1C1CSC(C)CN1. The van der Waals surface area contributed by atoms with E-state index in [0.717, 1.165) is 12.3 Å². The van der Waals surface area contributed by atoms with Crippen molar-refractivity contribution in [2.24, 2.45) is 0 Å². The van der Waals surface area contributed by atoms with Gasteiger partial charge in [-0.05, 0) is 12.1 Å². The van der Waals surface area contributed by atoms with Crippen molar-refractivity contribution in [2.45, 2.75) is 18.2 Å². The lowest BCUT2D eigenvalue weighted by Gasteiger charge is -2.28. The van der Waals surface area contributed by atoms with Gasteiger partial charge in [0.15, 0.2) is 0 Å². The summed E-state index contributed by atoms with van der Waals surface area (Å²) in [4.78, 5) is 0. The van der Waals surface area contributed by atoms with Crippen LogP contribution in [0, 0.1) is 5.82 Å². The zero-order chi connectivity index (χ0) is 11.5. The lowest BCUT2D eigenvalue weighted by molar-refractivity contribution is 0.393. The van der Waals surface area contributed by atoms with Gasteiger partial charge in [-0.1, -0.05) is 13.0 Å². The van der Waals surface area contributed by atoms with E-state index >= 15 is 0 Å². The highest BCUT2D eigenvalue weighted by Gasteiger charge is 2.24. The normalized spacial score (nSPS) is 25.4. The molecule has 16 heavy (non-hydrogen) atoms. The van der Waals surface area contributed by atoms with E-state index in [0.29, 0.717) is 16.6 Å². The van der Waals surface area contributed by atoms with Crippen molar-refractivity contribution in [3.63, 3.8) is 0 Å². The second-order valence-corrected chi connectivity index (χ2v) is 5.43. The van der Waals surface area contributed by atoms with E-state index in [-0.39, 0.29) is 11.9 Å². The van der Waals surface area contributed by atoms with E-state index in [1.165, 1.54) is 6.07 Å². The fraction of sp³-hybridized carbons (Fsp3) is 0.500. The summed E-state index contributed by atoms with van der Waals surface area (Å²) in [5.74, 6) is 1.33. The number of hydrogen-bond acceptors (Lipinski definition) is 3. The molecule has 0 aliphatic carbocycles. The van der Waals surface area contributed by atoms with Gasteiger partial charge in [0.2, 0.25) is 0 Å². The van der Waals surface area contributed by atoms with Crippen LogP contribution >= 0.6 is 11.8 Å². The maximum atomic E-state index is 13.8. The molecule has 1 aromatic carbocycles. The lowest BCUT2D eigenvalue weighted by Crippen LogP contribution is -2.35. The van der Waals surface area contributed by atoms with E-state index in [4.69, 9.17) is 4.74 Å². The van der Waals surface area contributed by atoms with Crippen LogP contribution in [-0.4, -0.2) is 24.7 Å². The van der Waals surface area contributed by atoms with Gasteiger partial charge in [0, 0.05) is 29.2 Å². The average molecular weight is 241 g/mol. The minimum Gasteiger partial charge on any atom is -0.496 e. The Bertz CT molecular complexity index is 364. The smallest absolute Gasteiger partial charge is 0.131 e. The van der Waals surface area contributed by atoms with Gasteiger partial charge in [-0.15, -0.1) is 0 Å². The molecule has 1 saturated heterocycles. The summed E-state index contributed by atoms with van der Waals surface area (Å²) >= 11 is 1.86. The minimum atomic E-state index is -0.188. The van der Waals surface area contributed by atoms with Crippen LogP contribution in [0.2, 0.25) is 0 Å². The van der Waals surface area contributed by atoms with Gasteiger partial charge in [0.1, 0.15) is 11.6 Å². The molecule has 0 spiro atoms. The number of nitrogens with one attached hydrogen (secondary N) is 1. The number of benzene rings is 1. The second-order valence-electron chi connectivity index (χ2n) is 3.96. The zero-order valence-electron chi connectivity index (χ0n) is 9.50. The van der Waals surface area contributed by atoms with E-state index in [2.05, 4.69) is 12.2 Å². The Morgan fingerprint density at radius 3 is 2.94 bits per heavy atom. The Morgan fingerprint density at radius 2 is 2.31 bits per heavy atom. The first-order chi connectivity index (χ1) is 7.72. The Morgan fingerprint density at radius 1 is 1.50 bits per heavy atom. The highest BCUT2D eigenvalue weighted by molar-refractivity contribution is 8.00. The number of thioether (sulfide) groups is 1. The monoisotopic (exact) mass is 241 g/mol. The summed E-state index contributed by atoms with van der Waals surface area (Å²) in [6, 6.07) is 5.03. The predicted molar refractivity (Wildman–Crippen MR) is 65.6 cm³/mol. The summed E-state index contributed by atoms with van der Waals surface area (Å²) < 4.78 is 19.0. The van der Waals surface area contributed by atoms with Crippen molar-refractivity contribution in [3.05, 3.63) is 29.6 Å². The molecule has 2 unspecified atom stereocenters. The molecule has 2 rings (SSSR count). The van der Waals surface area contributed by atoms with Crippen molar-refractivity contribution in [2.75, 3.05) is 19.4 Å². The van der Waals surface area contributed by atoms with Gasteiger partial charge < -0.3 is 10.1 Å². The fourth-order valence-corrected chi connectivity index (χ4v) is 2.92. The summed E-state index contributed by atoms with van der Waals surface area (Å²) in [7, 11) is 1.58. The Balaban J connectivity index is 2.25. The van der Waals surface area contributed by atoms with E-state index < -0.39 is 0 Å². The molecule has 1 fully saturated rings. The first-order valence-electron chi connectivity index (χ1n) is 5.39. The number of halogens is 1. The first-order valence-corrected chi connectivity index (χ1v) is 6.44. The highest BCUT2D eigenvalue weighted by Crippen LogP contribution is 2.33. The molecule has 0 aromatic heterocycles. The Kier molecular flexibility index (Phi) is 3.71. The molecule has 2 atom stereocenters. The van der Waals surface area contributed by atoms with Crippen LogP contribution in [0.5, 0.6) is 5.75 Å². The summed E-state index contributed by atoms with van der Waals surface area (Å²) in [6.45, 7) is 3.08. The summed E-state index contributed by atoms with van der Waals surface area (Å²) in [6.07, 6.45) is 0. The maximum absolute atomic E-state index is 13.8. The summed E-state index contributed by atoms with van der Waals surface area (Å²) in [5, 5.41) is 3.95. The van der Waals surface area contributed by atoms with E-state index in [1.807, 2.05) is 17.8 Å². The third-order valence-corrected chi connectivity index (χ3v) is 4.04. The standard InChI is InChI=1S/C12H16FNOS/c1-8-6-14-10(7-16-8)12-9(13)4-3-5-11(12)15-2/h3-5,8,10,14H,6-7H2,1-2H3. The highest BCUT2D eigenvalue weighted by atomic mass is 32.2. The van der Waals surface area contributed by atoms with Crippen LogP contribution < -0.4 is 10.1 Å². The van der Waals surface area contributed by atoms with Crippen LogP contribution in [0.15, 0.2) is 18.2 Å². The molecular formula is C12H16FNOS. The second kappa shape index (κ2) is 5.06. The quantitative estimate of drug-likeness (QED) is 0.860. The van der Waals surface area contributed by atoms with E-state index in [1.54, 1.807) is 13.2 Å². The van der Waals surface area contributed by atoms with Crippen molar-refractivity contribution in [1.82, 2.24) is 5.32 Å². The van der Waals surface area contributed by atoms with Gasteiger partial charge in [0.25, 0.3) is 0 Å². The number of methoxy groups -OCH3 is 1. The van der Waals surface area contributed by atoms with Crippen LogP contribution in [0.4, 0.5) is 4.39 Å². The molecular weight excluding hydrogens is 225 g/mol. The molecule has 0 bridgehead atoms. The Labute approximate surface area is 99.6 Å². The van der Waals surface area contributed by atoms with E-state index in [9.17, 15) is 4.39 Å². The van der Waals surface area contributed by atoms with Gasteiger partial charge in [-0.25, -0.2) is 4.39 Å². The molecule has 1 aromatic rings. The van der Waals surface area contributed by atoms with Crippen molar-refractivity contribution in [1.29, 1.82) is 0 Å². The molecule has 1 aliphatic rings. The van der Waals surface area contributed by atoms with Crippen molar-refractivity contribution >= 4 is 11.8 Å². The maximum Gasteiger partial charge on any atom is 0.131 e. The molecule has 1 heterocycles. The third kappa shape index (κ3) is 2.33. The van der Waals surface area contributed by atoms with Crippen molar-refractivity contribution < 1.29 is 9.13 Å². The average Bonchev–Trinajstić information content (AvgIpc) is 2.30. The predicted octanol–water partition coefficient (Wildman–Crippen LogP) is 2.60. The van der Waals surface area contributed by atoms with Gasteiger partial charge in [0.05, 0.1) is 7.11 Å². The molecule has 0 amide bonds. The first kappa shape index (κ1) is 11.7. The molecule has 0 saturated carbocycles. The lowest BCUT2D eigenvalue weighted by atomic mass is 10.1. The van der Waals surface area contributed by atoms with Gasteiger partial charge >= 0.3 is 0 Å².